The Morgan fingerprint density at radius 2 is 1.75 bits per heavy atom. The summed E-state index contributed by atoms with van der Waals surface area (Å²) in [5.74, 6) is 0.426. The highest BCUT2D eigenvalue weighted by Crippen LogP contribution is 2.50. The van der Waals surface area contributed by atoms with Gasteiger partial charge in [-0.05, 0) is 35.9 Å². The van der Waals surface area contributed by atoms with Crippen molar-refractivity contribution in [1.29, 1.82) is 0 Å². The Kier molecular flexibility index (Phi) is 6.08. The molecule has 0 N–H and O–H groups in total. The van der Waals surface area contributed by atoms with E-state index < -0.39 is 5.72 Å². The molecule has 0 fully saturated rings. The van der Waals surface area contributed by atoms with Gasteiger partial charge in [0.25, 0.3) is 17.5 Å². The van der Waals surface area contributed by atoms with Gasteiger partial charge in [0.2, 0.25) is 0 Å². The van der Waals surface area contributed by atoms with Gasteiger partial charge in [0.15, 0.2) is 11.5 Å². The molecule has 0 aromatic heterocycles. The summed E-state index contributed by atoms with van der Waals surface area (Å²) >= 11 is 0. The van der Waals surface area contributed by atoms with E-state index in [-0.39, 0.29) is 18.4 Å². The molecule has 0 bridgehead atoms. The van der Waals surface area contributed by atoms with E-state index in [1.807, 2.05) is 54.6 Å². The highest BCUT2D eigenvalue weighted by molar-refractivity contribution is 6.16. The molecule has 0 saturated heterocycles. The Bertz CT molecular complexity index is 1380. The maximum absolute atomic E-state index is 14.0. The molecule has 3 aromatic carbocycles. The summed E-state index contributed by atoms with van der Waals surface area (Å²) in [7, 11) is 3.12. The van der Waals surface area contributed by atoms with Crippen LogP contribution in [0.2, 0.25) is 0 Å². The van der Waals surface area contributed by atoms with Gasteiger partial charge in [-0.15, -0.1) is 6.58 Å². The molecule has 2 amide bonds. The number of anilines is 2. The number of methoxy groups -OCH3 is 2. The van der Waals surface area contributed by atoms with Crippen molar-refractivity contribution in [2.45, 2.75) is 12.3 Å². The van der Waals surface area contributed by atoms with Crippen LogP contribution in [0.3, 0.4) is 0 Å². The molecule has 2 heterocycles. The Hall–Kier alpha value is -4.36. The van der Waals surface area contributed by atoms with Gasteiger partial charge in [0.05, 0.1) is 32.2 Å². The number of nitrogens with zero attached hydrogens (tertiary/aromatic N) is 2. The van der Waals surface area contributed by atoms with E-state index in [0.717, 1.165) is 11.1 Å². The molecule has 182 valence electrons. The van der Waals surface area contributed by atoms with Crippen molar-refractivity contribution in [2.75, 3.05) is 30.6 Å². The normalized spacial score (nSPS) is 18.3. The summed E-state index contributed by atoms with van der Waals surface area (Å²) in [4.78, 5) is 31.0. The molecule has 5 rings (SSSR count). The lowest BCUT2D eigenvalue weighted by Gasteiger charge is -2.43. The number of fused-ring (bicyclic) bond motifs is 3. The van der Waals surface area contributed by atoms with Crippen molar-refractivity contribution in [2.24, 2.45) is 0 Å². The van der Waals surface area contributed by atoms with Crippen LogP contribution in [-0.2, 0) is 26.7 Å². The quantitative estimate of drug-likeness (QED) is 0.377. The summed E-state index contributed by atoms with van der Waals surface area (Å²) in [6.45, 7) is 4.29. The van der Waals surface area contributed by atoms with Crippen molar-refractivity contribution in [1.82, 2.24) is 0 Å². The summed E-state index contributed by atoms with van der Waals surface area (Å²) in [5.41, 5.74) is 1.90. The minimum atomic E-state index is -1.62. The second kappa shape index (κ2) is 9.36. The Morgan fingerprint density at radius 1 is 1.03 bits per heavy atom. The highest BCUT2D eigenvalue weighted by Gasteiger charge is 2.59. The largest absolute Gasteiger partial charge is 0.493 e. The van der Waals surface area contributed by atoms with Gasteiger partial charge in [0, 0.05) is 23.7 Å². The number of hydrogen-bond acceptors (Lipinski definition) is 5. The summed E-state index contributed by atoms with van der Waals surface area (Å²) in [6.07, 6.45) is 4.79. The van der Waals surface area contributed by atoms with E-state index in [1.54, 1.807) is 43.4 Å². The molecule has 3 aromatic rings. The average molecular weight is 483 g/mol. The predicted molar refractivity (Wildman–Crippen MR) is 138 cm³/mol. The van der Waals surface area contributed by atoms with Crippen LogP contribution in [0.25, 0.3) is 6.08 Å². The van der Waals surface area contributed by atoms with Crippen LogP contribution < -0.4 is 19.3 Å². The SMILES string of the molecule is C=CCN1C(=O)C2(OCc3ccccc3N2C(=O)C=Cc2ccc(OC)c(OC)c2)c2ccccc21. The lowest BCUT2D eigenvalue weighted by atomic mass is 9.97. The zero-order valence-electron chi connectivity index (χ0n) is 20.1. The topological polar surface area (TPSA) is 68.3 Å². The van der Waals surface area contributed by atoms with E-state index in [4.69, 9.17) is 14.2 Å². The molecule has 1 spiro atoms. The molecule has 1 atom stereocenters. The fourth-order valence-electron chi connectivity index (χ4n) is 4.81. The van der Waals surface area contributed by atoms with Gasteiger partial charge < -0.3 is 19.1 Å². The van der Waals surface area contributed by atoms with Crippen molar-refractivity contribution in [3.8, 4) is 11.5 Å². The smallest absolute Gasteiger partial charge is 0.286 e. The molecule has 0 saturated carbocycles. The highest BCUT2D eigenvalue weighted by atomic mass is 16.5. The molecule has 1 unspecified atom stereocenters. The molecule has 2 aliphatic heterocycles. The molecular formula is C29H26N2O5. The second-order valence-electron chi connectivity index (χ2n) is 8.40. The predicted octanol–water partition coefficient (Wildman–Crippen LogP) is 4.67. The summed E-state index contributed by atoms with van der Waals surface area (Å²) < 4.78 is 17.0. The van der Waals surface area contributed by atoms with Gasteiger partial charge in [-0.25, -0.2) is 0 Å². The first kappa shape index (κ1) is 23.4. The molecule has 0 radical (unpaired) electrons. The number of carbonyl (C=O) groups excluding carboxylic acids is 2. The van der Waals surface area contributed by atoms with Crippen molar-refractivity contribution < 1.29 is 23.8 Å². The standard InChI is InChI=1S/C29H26N2O5/c1-4-17-30-24-12-8-6-10-22(24)29(28(30)33)31(23-11-7-5-9-21(23)19-36-29)27(32)16-14-20-13-15-25(34-2)26(18-20)35-3/h4-16,18H,1,17,19H2,2-3H3. The molecule has 2 aliphatic rings. The van der Waals surface area contributed by atoms with Crippen LogP contribution in [0.5, 0.6) is 11.5 Å². The summed E-state index contributed by atoms with van der Waals surface area (Å²) in [5, 5.41) is 0. The van der Waals surface area contributed by atoms with E-state index >= 15 is 0 Å². The van der Waals surface area contributed by atoms with E-state index in [1.165, 1.54) is 11.0 Å². The lowest BCUT2D eigenvalue weighted by Crippen LogP contribution is -2.59. The average Bonchev–Trinajstić information content (AvgIpc) is 3.15. The van der Waals surface area contributed by atoms with E-state index in [0.29, 0.717) is 35.0 Å². The molecular weight excluding hydrogens is 456 g/mol. The number of hydrogen-bond donors (Lipinski definition) is 0. The third-order valence-electron chi connectivity index (χ3n) is 6.44. The van der Waals surface area contributed by atoms with Gasteiger partial charge >= 0.3 is 0 Å². The number of rotatable bonds is 6. The first-order valence-electron chi connectivity index (χ1n) is 11.5. The van der Waals surface area contributed by atoms with Gasteiger partial charge in [-0.1, -0.05) is 48.5 Å². The number of carbonyl (C=O) groups is 2. The Balaban J connectivity index is 1.62. The minimum Gasteiger partial charge on any atom is -0.493 e. The van der Waals surface area contributed by atoms with Crippen molar-refractivity contribution in [3.63, 3.8) is 0 Å². The number of ether oxygens (including phenoxy) is 3. The molecule has 0 aliphatic carbocycles. The molecule has 36 heavy (non-hydrogen) atoms. The van der Waals surface area contributed by atoms with Gasteiger partial charge in [-0.2, -0.15) is 0 Å². The first-order valence-corrected chi connectivity index (χ1v) is 11.5. The van der Waals surface area contributed by atoms with E-state index in [2.05, 4.69) is 6.58 Å². The maximum atomic E-state index is 14.0. The van der Waals surface area contributed by atoms with Gasteiger partial charge in [0.1, 0.15) is 0 Å². The fourth-order valence-corrected chi connectivity index (χ4v) is 4.81. The Labute approximate surface area is 209 Å². The molecule has 7 nitrogen and oxygen atoms in total. The van der Waals surface area contributed by atoms with Crippen LogP contribution >= 0.6 is 0 Å². The second-order valence-corrected chi connectivity index (χ2v) is 8.40. The number of benzene rings is 3. The maximum Gasteiger partial charge on any atom is 0.286 e. The first-order chi connectivity index (χ1) is 17.5. The zero-order valence-corrected chi connectivity index (χ0v) is 20.1. The van der Waals surface area contributed by atoms with Crippen LogP contribution in [0.4, 0.5) is 11.4 Å². The van der Waals surface area contributed by atoms with Crippen molar-refractivity contribution in [3.05, 3.63) is 102 Å². The van der Waals surface area contributed by atoms with Crippen LogP contribution in [0, 0.1) is 0 Å². The Morgan fingerprint density at radius 3 is 2.50 bits per heavy atom. The van der Waals surface area contributed by atoms with E-state index in [9.17, 15) is 9.59 Å². The molecule has 7 heteroatoms. The van der Waals surface area contributed by atoms with Crippen LogP contribution in [0.1, 0.15) is 16.7 Å². The minimum absolute atomic E-state index is 0.196. The number of amides is 2. The van der Waals surface area contributed by atoms with Crippen LogP contribution in [-0.4, -0.2) is 32.6 Å². The van der Waals surface area contributed by atoms with Gasteiger partial charge in [-0.3, -0.25) is 14.5 Å². The van der Waals surface area contributed by atoms with Crippen molar-refractivity contribution >= 4 is 29.3 Å². The fraction of sp³-hybridized carbons (Fsp3) is 0.172. The third kappa shape index (κ3) is 3.56. The van der Waals surface area contributed by atoms with Crippen LogP contribution in [0.15, 0.2) is 85.5 Å². The number of para-hydroxylation sites is 2. The monoisotopic (exact) mass is 482 g/mol. The lowest BCUT2D eigenvalue weighted by molar-refractivity contribution is -0.151. The zero-order chi connectivity index (χ0) is 25.3. The summed E-state index contributed by atoms with van der Waals surface area (Å²) in [6, 6.07) is 20.2. The third-order valence-corrected chi connectivity index (χ3v) is 6.44.